The van der Waals surface area contributed by atoms with Gasteiger partial charge in [-0.3, -0.25) is 4.98 Å². The lowest BCUT2D eigenvalue weighted by molar-refractivity contribution is 0.460. The first kappa shape index (κ1) is 18.7. The molecule has 1 aliphatic heterocycles. The van der Waals surface area contributed by atoms with E-state index >= 15 is 0 Å². The van der Waals surface area contributed by atoms with Gasteiger partial charge in [0.1, 0.15) is 0 Å². The number of halogens is 1. The van der Waals surface area contributed by atoms with Crippen LogP contribution < -0.4 is 5.32 Å². The molecule has 4 aromatic rings. The minimum Gasteiger partial charge on any atom is -0.354 e. The van der Waals surface area contributed by atoms with E-state index in [0.29, 0.717) is 16.9 Å². The fraction of sp³-hybridized carbons (Fsp3) is 0.320. The molecule has 0 saturated carbocycles. The van der Waals surface area contributed by atoms with E-state index in [9.17, 15) is 0 Å². The smallest absolute Gasteiger partial charge is 0.0888 e. The number of fused-ring (bicyclic) bond motifs is 2. The Morgan fingerprint density at radius 3 is 2.69 bits per heavy atom. The summed E-state index contributed by atoms with van der Waals surface area (Å²) in [5.74, 6) is 1.06. The monoisotopic (exact) mass is 403 g/mol. The third-order valence-electron chi connectivity index (χ3n) is 6.20. The number of piperidine rings is 1. The van der Waals surface area contributed by atoms with Gasteiger partial charge in [0.15, 0.2) is 0 Å². The predicted molar refractivity (Wildman–Crippen MR) is 123 cm³/mol. The quantitative estimate of drug-likeness (QED) is 0.403. The van der Waals surface area contributed by atoms with Crippen LogP contribution in [0.1, 0.15) is 49.7 Å². The normalized spacial score (nSPS) is 15.6. The molecular weight excluding hydrogens is 378 g/mol. The summed E-state index contributed by atoms with van der Waals surface area (Å²) in [4.78, 5) is 8.12. The first-order valence-electron chi connectivity index (χ1n) is 10.5. The number of pyridine rings is 1. The maximum Gasteiger partial charge on any atom is 0.0888 e. The molecule has 148 valence electrons. The molecule has 2 N–H and O–H groups in total. The molecule has 1 saturated heterocycles. The summed E-state index contributed by atoms with van der Waals surface area (Å²) < 4.78 is 0. The molecule has 0 unspecified atom stereocenters. The molecule has 0 radical (unpaired) electrons. The Labute approximate surface area is 176 Å². The van der Waals surface area contributed by atoms with Crippen molar-refractivity contribution in [2.75, 3.05) is 13.1 Å². The number of hydrogen-bond acceptors (Lipinski definition) is 2. The molecule has 2 aromatic heterocycles. The number of nitrogens with zero attached hydrogens (tertiary/aromatic N) is 1. The fourth-order valence-corrected chi connectivity index (χ4v) is 5.03. The van der Waals surface area contributed by atoms with E-state index < -0.39 is 0 Å². The van der Waals surface area contributed by atoms with E-state index in [1.165, 1.54) is 40.6 Å². The van der Waals surface area contributed by atoms with Gasteiger partial charge in [0, 0.05) is 28.0 Å². The standard InChI is InChI=1S/C25H26ClN3/c1-15(2)23-20-13-17(16-7-10-27-11-8-16)5-6-22(20)29-25(23)19-12-18-4-3-9-28-24(18)21(26)14-19/h3-6,9,12-16,27,29H,7-8,10-11H2,1-2H3. The number of benzene rings is 2. The average molecular weight is 404 g/mol. The van der Waals surface area contributed by atoms with Crippen molar-refractivity contribution in [3.8, 4) is 11.3 Å². The summed E-state index contributed by atoms with van der Waals surface area (Å²) in [6.07, 6.45) is 4.22. The number of aromatic nitrogens is 2. The van der Waals surface area contributed by atoms with Gasteiger partial charge in [-0.2, -0.15) is 0 Å². The lowest BCUT2D eigenvalue weighted by Crippen LogP contribution is -2.26. The average Bonchev–Trinajstić information content (AvgIpc) is 3.13. The Hall–Kier alpha value is -2.36. The highest BCUT2D eigenvalue weighted by Crippen LogP contribution is 2.39. The zero-order valence-corrected chi connectivity index (χ0v) is 17.7. The third kappa shape index (κ3) is 3.33. The minimum atomic E-state index is 0.408. The molecule has 1 fully saturated rings. The molecule has 0 atom stereocenters. The van der Waals surface area contributed by atoms with Crippen LogP contribution in [-0.4, -0.2) is 23.1 Å². The Morgan fingerprint density at radius 1 is 1.07 bits per heavy atom. The summed E-state index contributed by atoms with van der Waals surface area (Å²) in [7, 11) is 0. The highest BCUT2D eigenvalue weighted by atomic mass is 35.5. The third-order valence-corrected chi connectivity index (χ3v) is 6.49. The molecule has 3 heterocycles. The second-order valence-electron chi connectivity index (χ2n) is 8.43. The predicted octanol–water partition coefficient (Wildman–Crippen LogP) is 6.63. The van der Waals surface area contributed by atoms with Crippen LogP contribution in [0, 0.1) is 0 Å². The number of rotatable bonds is 3. The van der Waals surface area contributed by atoms with Crippen molar-refractivity contribution in [3.05, 3.63) is 64.8 Å². The van der Waals surface area contributed by atoms with Gasteiger partial charge in [0.25, 0.3) is 0 Å². The van der Waals surface area contributed by atoms with Crippen molar-refractivity contribution in [1.82, 2.24) is 15.3 Å². The number of hydrogen-bond donors (Lipinski definition) is 2. The summed E-state index contributed by atoms with van der Waals surface area (Å²) in [6.45, 7) is 6.77. The number of nitrogens with one attached hydrogen (secondary N) is 2. The maximum absolute atomic E-state index is 6.59. The van der Waals surface area contributed by atoms with E-state index in [4.69, 9.17) is 11.6 Å². The molecule has 5 rings (SSSR count). The van der Waals surface area contributed by atoms with Crippen molar-refractivity contribution in [3.63, 3.8) is 0 Å². The van der Waals surface area contributed by atoms with Crippen LogP contribution in [0.4, 0.5) is 0 Å². The topological polar surface area (TPSA) is 40.7 Å². The molecule has 1 aliphatic rings. The SMILES string of the molecule is CC(C)c1c(-c2cc(Cl)c3ncccc3c2)[nH]c2ccc(C3CCNCC3)cc12. The Balaban J connectivity index is 1.68. The largest absolute Gasteiger partial charge is 0.354 e. The molecule has 0 amide bonds. The van der Waals surface area contributed by atoms with E-state index in [1.54, 1.807) is 6.20 Å². The van der Waals surface area contributed by atoms with Crippen molar-refractivity contribution >= 4 is 33.4 Å². The van der Waals surface area contributed by atoms with Crippen LogP contribution in [0.15, 0.2) is 48.7 Å². The van der Waals surface area contributed by atoms with E-state index in [-0.39, 0.29) is 0 Å². The zero-order valence-electron chi connectivity index (χ0n) is 16.9. The van der Waals surface area contributed by atoms with Crippen molar-refractivity contribution in [1.29, 1.82) is 0 Å². The van der Waals surface area contributed by atoms with Gasteiger partial charge in [-0.15, -0.1) is 0 Å². The van der Waals surface area contributed by atoms with Crippen LogP contribution >= 0.6 is 11.6 Å². The molecule has 2 aromatic carbocycles. The summed E-state index contributed by atoms with van der Waals surface area (Å²) in [5, 5.41) is 6.58. The molecule has 0 bridgehead atoms. The van der Waals surface area contributed by atoms with Crippen LogP contribution in [-0.2, 0) is 0 Å². The molecule has 0 aliphatic carbocycles. The second kappa shape index (κ2) is 7.47. The number of H-pyrrole nitrogens is 1. The molecule has 3 nitrogen and oxygen atoms in total. The first-order valence-corrected chi connectivity index (χ1v) is 10.9. The van der Waals surface area contributed by atoms with E-state index in [2.05, 4.69) is 59.5 Å². The van der Waals surface area contributed by atoms with Crippen molar-refractivity contribution in [2.45, 2.75) is 38.5 Å². The maximum atomic E-state index is 6.59. The van der Waals surface area contributed by atoms with Gasteiger partial charge >= 0.3 is 0 Å². The minimum absolute atomic E-state index is 0.408. The Kier molecular flexibility index (Phi) is 4.81. The van der Waals surface area contributed by atoms with Gasteiger partial charge in [-0.05, 0) is 79.2 Å². The molecule has 29 heavy (non-hydrogen) atoms. The van der Waals surface area contributed by atoms with E-state index in [1.807, 2.05) is 12.1 Å². The Morgan fingerprint density at radius 2 is 1.90 bits per heavy atom. The fourth-order valence-electron chi connectivity index (χ4n) is 4.76. The summed E-state index contributed by atoms with van der Waals surface area (Å²) in [5.41, 5.74) is 7.18. The lowest BCUT2D eigenvalue weighted by Gasteiger charge is -2.23. The van der Waals surface area contributed by atoms with Gasteiger partial charge in [0.2, 0.25) is 0 Å². The van der Waals surface area contributed by atoms with Crippen LogP contribution in [0.5, 0.6) is 0 Å². The summed E-state index contributed by atoms with van der Waals surface area (Å²) in [6, 6.07) is 15.3. The van der Waals surface area contributed by atoms with Gasteiger partial charge in [0.05, 0.1) is 16.2 Å². The summed E-state index contributed by atoms with van der Waals surface area (Å²) >= 11 is 6.59. The number of aromatic amines is 1. The van der Waals surface area contributed by atoms with Crippen LogP contribution in [0.2, 0.25) is 5.02 Å². The highest BCUT2D eigenvalue weighted by Gasteiger charge is 2.20. The molecule has 0 spiro atoms. The van der Waals surface area contributed by atoms with Crippen molar-refractivity contribution in [2.24, 2.45) is 0 Å². The van der Waals surface area contributed by atoms with E-state index in [0.717, 1.165) is 29.6 Å². The second-order valence-corrected chi connectivity index (χ2v) is 8.84. The van der Waals surface area contributed by atoms with Gasteiger partial charge < -0.3 is 10.3 Å². The van der Waals surface area contributed by atoms with Crippen molar-refractivity contribution < 1.29 is 0 Å². The van der Waals surface area contributed by atoms with Gasteiger partial charge in [-0.1, -0.05) is 37.6 Å². The zero-order chi connectivity index (χ0) is 20.0. The Bertz CT molecular complexity index is 1190. The lowest BCUT2D eigenvalue weighted by atomic mass is 9.88. The van der Waals surface area contributed by atoms with Crippen LogP contribution in [0.25, 0.3) is 33.1 Å². The molecule has 4 heteroatoms. The highest BCUT2D eigenvalue weighted by molar-refractivity contribution is 6.35. The molecular formula is C25H26ClN3. The van der Waals surface area contributed by atoms with Crippen LogP contribution in [0.3, 0.4) is 0 Å². The van der Waals surface area contributed by atoms with Gasteiger partial charge in [-0.25, -0.2) is 0 Å². The first-order chi connectivity index (χ1) is 14.1.